The lowest BCUT2D eigenvalue weighted by atomic mass is 9.86. The van der Waals surface area contributed by atoms with Crippen LogP contribution < -0.4 is 10.5 Å². The fourth-order valence-corrected chi connectivity index (χ4v) is 4.85. The van der Waals surface area contributed by atoms with Gasteiger partial charge in [0.25, 0.3) is 0 Å². The maximum atomic E-state index is 12.5. The van der Waals surface area contributed by atoms with E-state index in [9.17, 15) is 4.79 Å². The molecule has 1 aliphatic heterocycles. The minimum absolute atomic E-state index is 0.0967. The monoisotopic (exact) mass is 519 g/mol. The molecule has 36 heavy (non-hydrogen) atoms. The van der Waals surface area contributed by atoms with Gasteiger partial charge < -0.3 is 15.2 Å². The SMILES string of the molecule is CCCCOC(=O)c1cccc(Oc2c(Cl)c(Cl)cc3cc4c(c(C5C=CC=C5)c23)C(N)=NC4=N)c1. The lowest BCUT2D eigenvalue weighted by molar-refractivity contribution is 0.0499. The molecule has 8 heteroatoms. The number of aliphatic imine (C=N–C) groups is 1. The van der Waals surface area contributed by atoms with E-state index >= 15 is 0 Å². The summed E-state index contributed by atoms with van der Waals surface area (Å²) in [6, 6.07) is 10.3. The number of nitrogens with zero attached hydrogens (tertiary/aromatic N) is 1. The summed E-state index contributed by atoms with van der Waals surface area (Å²) < 4.78 is 11.7. The molecule has 5 rings (SSSR count). The first-order valence-electron chi connectivity index (χ1n) is 11.6. The number of nitrogens with one attached hydrogen (secondary N) is 1. The number of allylic oxidation sites excluding steroid dienone is 4. The number of esters is 1. The third kappa shape index (κ3) is 4.27. The zero-order valence-corrected chi connectivity index (χ0v) is 21.0. The molecular weight excluding hydrogens is 497 g/mol. The molecule has 182 valence electrons. The van der Waals surface area contributed by atoms with E-state index in [1.807, 2.05) is 37.3 Å². The lowest BCUT2D eigenvalue weighted by Crippen LogP contribution is -2.15. The van der Waals surface area contributed by atoms with Crippen LogP contribution in [0, 0.1) is 5.41 Å². The van der Waals surface area contributed by atoms with E-state index < -0.39 is 5.97 Å². The summed E-state index contributed by atoms with van der Waals surface area (Å²) in [5.74, 6) is 0.575. The number of halogens is 2. The number of amidine groups is 2. The molecule has 0 bridgehead atoms. The van der Waals surface area contributed by atoms with E-state index in [-0.39, 0.29) is 22.6 Å². The molecule has 3 aromatic carbocycles. The lowest BCUT2D eigenvalue weighted by Gasteiger charge is -2.21. The summed E-state index contributed by atoms with van der Waals surface area (Å²) in [7, 11) is 0. The first kappa shape index (κ1) is 24.1. The number of hydrogen-bond donors (Lipinski definition) is 2. The van der Waals surface area contributed by atoms with Gasteiger partial charge in [-0.3, -0.25) is 5.41 Å². The van der Waals surface area contributed by atoms with Crippen molar-refractivity contribution in [2.45, 2.75) is 25.7 Å². The van der Waals surface area contributed by atoms with E-state index in [0.717, 1.165) is 23.8 Å². The summed E-state index contributed by atoms with van der Waals surface area (Å²) in [5.41, 5.74) is 8.80. The molecule has 0 saturated heterocycles. The fourth-order valence-electron chi connectivity index (χ4n) is 4.46. The van der Waals surface area contributed by atoms with Gasteiger partial charge in [0, 0.05) is 22.4 Å². The van der Waals surface area contributed by atoms with E-state index in [2.05, 4.69) is 4.99 Å². The van der Waals surface area contributed by atoms with Crippen LogP contribution in [0.4, 0.5) is 0 Å². The van der Waals surface area contributed by atoms with Crippen molar-refractivity contribution >= 4 is 51.6 Å². The molecule has 0 radical (unpaired) electrons. The van der Waals surface area contributed by atoms with Crippen molar-refractivity contribution in [3.8, 4) is 11.5 Å². The number of fused-ring (bicyclic) bond motifs is 2. The molecule has 0 saturated carbocycles. The van der Waals surface area contributed by atoms with Gasteiger partial charge in [-0.1, -0.05) is 66.9 Å². The summed E-state index contributed by atoms with van der Waals surface area (Å²) in [6.45, 7) is 2.39. The summed E-state index contributed by atoms with van der Waals surface area (Å²) in [6.07, 6.45) is 9.70. The number of unbranched alkanes of at least 4 members (excludes halogenated alkanes) is 1. The molecule has 0 aromatic heterocycles. The first-order valence-corrected chi connectivity index (χ1v) is 12.4. The van der Waals surface area contributed by atoms with E-state index in [1.54, 1.807) is 30.3 Å². The first-order chi connectivity index (χ1) is 17.4. The van der Waals surface area contributed by atoms with Crippen molar-refractivity contribution < 1.29 is 14.3 Å². The average molecular weight is 520 g/mol. The van der Waals surface area contributed by atoms with Crippen molar-refractivity contribution in [1.29, 1.82) is 5.41 Å². The Morgan fingerprint density at radius 1 is 1.17 bits per heavy atom. The van der Waals surface area contributed by atoms with E-state index in [0.29, 0.717) is 45.2 Å². The van der Waals surface area contributed by atoms with E-state index in [4.69, 9.17) is 43.8 Å². The molecule has 1 aliphatic carbocycles. The van der Waals surface area contributed by atoms with Crippen LogP contribution in [0.5, 0.6) is 11.5 Å². The topological polar surface area (TPSA) is 97.8 Å². The second-order valence-electron chi connectivity index (χ2n) is 8.57. The van der Waals surface area contributed by atoms with Crippen molar-refractivity contribution in [1.82, 2.24) is 0 Å². The van der Waals surface area contributed by atoms with Crippen LogP contribution in [-0.2, 0) is 4.74 Å². The van der Waals surface area contributed by atoms with Crippen molar-refractivity contribution in [2.24, 2.45) is 10.7 Å². The van der Waals surface area contributed by atoms with E-state index in [1.165, 1.54) is 0 Å². The second kappa shape index (κ2) is 9.80. The minimum Gasteiger partial charge on any atom is -0.462 e. The number of hydrogen-bond acceptors (Lipinski definition) is 5. The normalized spacial score (nSPS) is 14.4. The number of carbonyl (C=O) groups is 1. The van der Waals surface area contributed by atoms with Gasteiger partial charge in [-0.15, -0.1) is 0 Å². The van der Waals surface area contributed by atoms with Gasteiger partial charge in [0.15, 0.2) is 11.6 Å². The molecule has 0 fully saturated rings. The zero-order chi connectivity index (χ0) is 25.4. The third-order valence-corrected chi connectivity index (χ3v) is 6.93. The van der Waals surface area contributed by atoms with Gasteiger partial charge in [0.1, 0.15) is 16.6 Å². The van der Waals surface area contributed by atoms with Gasteiger partial charge in [-0.05, 0) is 47.7 Å². The molecule has 0 unspecified atom stereocenters. The van der Waals surface area contributed by atoms with Gasteiger partial charge >= 0.3 is 5.97 Å². The number of ether oxygens (including phenoxy) is 2. The highest BCUT2D eigenvalue weighted by atomic mass is 35.5. The second-order valence-corrected chi connectivity index (χ2v) is 9.36. The highest BCUT2D eigenvalue weighted by molar-refractivity contribution is 6.44. The maximum absolute atomic E-state index is 12.5. The van der Waals surface area contributed by atoms with Gasteiger partial charge in [0.2, 0.25) is 0 Å². The maximum Gasteiger partial charge on any atom is 0.338 e. The highest BCUT2D eigenvalue weighted by Gasteiger charge is 2.30. The van der Waals surface area contributed by atoms with Crippen LogP contribution >= 0.6 is 23.2 Å². The molecular formula is C28H23Cl2N3O3. The number of carbonyl (C=O) groups excluding carboxylic acids is 1. The Hall–Kier alpha value is -3.61. The summed E-state index contributed by atoms with van der Waals surface area (Å²) >= 11 is 13.2. The molecule has 2 aliphatic rings. The van der Waals surface area contributed by atoms with Crippen LogP contribution in [-0.4, -0.2) is 24.2 Å². The zero-order valence-electron chi connectivity index (χ0n) is 19.5. The van der Waals surface area contributed by atoms with Crippen molar-refractivity contribution in [3.63, 3.8) is 0 Å². The Labute approximate surface area is 218 Å². The third-order valence-electron chi connectivity index (χ3n) is 6.16. The quantitative estimate of drug-likeness (QED) is 0.255. The number of rotatable bonds is 7. The molecule has 3 aromatic rings. The predicted octanol–water partition coefficient (Wildman–Crippen LogP) is 7.15. The van der Waals surface area contributed by atoms with Crippen LogP contribution in [0.3, 0.4) is 0 Å². The molecule has 6 nitrogen and oxygen atoms in total. The highest BCUT2D eigenvalue weighted by Crippen LogP contribution is 2.47. The Kier molecular flexibility index (Phi) is 6.56. The van der Waals surface area contributed by atoms with Crippen molar-refractivity contribution in [2.75, 3.05) is 6.61 Å². The largest absolute Gasteiger partial charge is 0.462 e. The molecule has 0 amide bonds. The Morgan fingerprint density at radius 3 is 2.69 bits per heavy atom. The molecule has 0 atom stereocenters. The average Bonchev–Trinajstić information content (AvgIpc) is 3.49. The van der Waals surface area contributed by atoms with Gasteiger partial charge in [0.05, 0.1) is 17.2 Å². The van der Waals surface area contributed by atoms with Crippen LogP contribution in [0.2, 0.25) is 10.0 Å². The fraction of sp³-hybridized carbons (Fsp3) is 0.179. The van der Waals surface area contributed by atoms with Crippen molar-refractivity contribution in [3.05, 3.63) is 93.0 Å². The number of benzene rings is 3. The Morgan fingerprint density at radius 2 is 1.94 bits per heavy atom. The standard InChI is InChI=1S/C28H23Cl2N3O3/c1-2-3-11-35-28(34)16-9-6-10-18(12-16)36-25-22-17(14-20(29)24(25)30)13-19-23(27(32)33-26(19)31)21(22)15-7-4-5-8-15/h4-10,12-15H,2-3,11H2,1H3,(H3,31,32,33). The molecule has 0 spiro atoms. The minimum atomic E-state index is -0.418. The van der Waals surface area contributed by atoms with Crippen LogP contribution in [0.1, 0.15) is 52.7 Å². The molecule has 3 N–H and O–H groups in total. The van der Waals surface area contributed by atoms with Gasteiger partial charge in [-0.2, -0.15) is 0 Å². The smallest absolute Gasteiger partial charge is 0.338 e. The predicted molar refractivity (Wildman–Crippen MR) is 144 cm³/mol. The summed E-state index contributed by atoms with van der Waals surface area (Å²) in [4.78, 5) is 16.7. The summed E-state index contributed by atoms with van der Waals surface area (Å²) in [5, 5.41) is 10.3. The Balaban J connectivity index is 1.67. The van der Waals surface area contributed by atoms with Gasteiger partial charge in [-0.25, -0.2) is 9.79 Å². The van der Waals surface area contributed by atoms with Crippen LogP contribution in [0.15, 0.2) is 65.7 Å². The number of nitrogens with two attached hydrogens (primary N) is 1. The Bertz CT molecular complexity index is 1500. The van der Waals surface area contributed by atoms with Crippen LogP contribution in [0.25, 0.3) is 10.8 Å². The molecule has 1 heterocycles.